The van der Waals surface area contributed by atoms with Crippen LogP contribution in [0.1, 0.15) is 48.6 Å². The molecular weight excluding hydrogens is 572 g/mol. The summed E-state index contributed by atoms with van der Waals surface area (Å²) in [5.74, 6) is 0.421. The molecule has 4 aromatic rings. The van der Waals surface area contributed by atoms with E-state index in [1.165, 1.54) is 24.0 Å². The Balaban J connectivity index is 1.59. The lowest BCUT2D eigenvalue weighted by atomic mass is 9.95. The molecule has 42 heavy (non-hydrogen) atoms. The van der Waals surface area contributed by atoms with Gasteiger partial charge >= 0.3 is 5.97 Å². The largest absolute Gasteiger partial charge is 0.490 e. The quantitative estimate of drug-likeness (QED) is 0.228. The van der Waals surface area contributed by atoms with Crippen molar-refractivity contribution in [3.8, 4) is 11.5 Å². The highest BCUT2D eigenvalue weighted by molar-refractivity contribution is 7.07. The number of benzene rings is 3. The lowest BCUT2D eigenvalue weighted by Crippen LogP contribution is -2.40. The van der Waals surface area contributed by atoms with E-state index in [4.69, 9.17) is 30.8 Å². The van der Waals surface area contributed by atoms with E-state index in [2.05, 4.69) is 0 Å². The number of halogens is 1. The van der Waals surface area contributed by atoms with Gasteiger partial charge in [-0.15, -0.1) is 0 Å². The number of ether oxygens (including phenoxy) is 3. The van der Waals surface area contributed by atoms with Crippen molar-refractivity contribution >= 4 is 35.0 Å². The summed E-state index contributed by atoms with van der Waals surface area (Å²) >= 11 is 7.96. The van der Waals surface area contributed by atoms with Crippen molar-refractivity contribution in [2.24, 2.45) is 4.99 Å². The summed E-state index contributed by atoms with van der Waals surface area (Å²) in [7, 11) is 1.34. The van der Waals surface area contributed by atoms with Gasteiger partial charge in [0.2, 0.25) is 0 Å². The molecule has 2 heterocycles. The fourth-order valence-corrected chi connectivity index (χ4v) is 6.17. The van der Waals surface area contributed by atoms with Crippen molar-refractivity contribution in [2.45, 2.75) is 39.8 Å². The van der Waals surface area contributed by atoms with Crippen LogP contribution in [0, 0.1) is 6.92 Å². The summed E-state index contributed by atoms with van der Waals surface area (Å²) in [5.41, 5.74) is 4.35. The molecule has 0 saturated heterocycles. The molecule has 0 radical (unpaired) electrons. The molecular formula is C33H31ClN2O5S. The van der Waals surface area contributed by atoms with Gasteiger partial charge in [0.1, 0.15) is 6.61 Å². The zero-order valence-corrected chi connectivity index (χ0v) is 25.4. The second-order valence-electron chi connectivity index (χ2n) is 9.74. The number of nitrogens with zero attached hydrogens (tertiary/aromatic N) is 2. The first-order valence-electron chi connectivity index (χ1n) is 13.7. The van der Waals surface area contributed by atoms with E-state index in [0.717, 1.165) is 11.1 Å². The van der Waals surface area contributed by atoms with Crippen LogP contribution < -0.4 is 24.4 Å². The Morgan fingerprint density at radius 1 is 1.07 bits per heavy atom. The summed E-state index contributed by atoms with van der Waals surface area (Å²) in [6.45, 7) is 6.59. The molecule has 1 aliphatic rings. The fraction of sp³-hybridized carbons (Fsp3) is 0.242. The Morgan fingerprint density at radius 3 is 2.48 bits per heavy atom. The Hall–Kier alpha value is -4.14. The summed E-state index contributed by atoms with van der Waals surface area (Å²) in [6, 6.07) is 20.4. The van der Waals surface area contributed by atoms with E-state index in [0.29, 0.717) is 62.3 Å². The van der Waals surface area contributed by atoms with E-state index < -0.39 is 12.0 Å². The first-order chi connectivity index (χ1) is 20.3. The average Bonchev–Trinajstić information content (AvgIpc) is 3.30. The van der Waals surface area contributed by atoms with Crippen LogP contribution >= 0.6 is 22.9 Å². The zero-order chi connectivity index (χ0) is 29.8. The molecule has 7 nitrogen and oxygen atoms in total. The number of hydrogen-bond acceptors (Lipinski definition) is 7. The number of carbonyl (C=O) groups is 1. The van der Waals surface area contributed by atoms with Gasteiger partial charge in [-0.3, -0.25) is 9.36 Å². The number of allylic oxidation sites excluding steroid dienone is 1. The van der Waals surface area contributed by atoms with Gasteiger partial charge in [-0.05, 0) is 55.2 Å². The predicted octanol–water partition coefficient (Wildman–Crippen LogP) is 5.74. The number of carbonyl (C=O) groups excluding carboxylic acids is 1. The van der Waals surface area contributed by atoms with Gasteiger partial charge in [-0.25, -0.2) is 9.79 Å². The molecule has 0 amide bonds. The van der Waals surface area contributed by atoms with E-state index in [1.54, 1.807) is 16.7 Å². The molecule has 9 heteroatoms. The molecule has 3 aromatic carbocycles. The topological polar surface area (TPSA) is 79.1 Å². The third kappa shape index (κ3) is 5.91. The second kappa shape index (κ2) is 12.8. The second-order valence-corrected chi connectivity index (χ2v) is 11.2. The van der Waals surface area contributed by atoms with Crippen LogP contribution in [0.3, 0.4) is 0 Å². The molecule has 0 spiro atoms. The highest BCUT2D eigenvalue weighted by Crippen LogP contribution is 2.37. The van der Waals surface area contributed by atoms with Crippen molar-refractivity contribution in [1.29, 1.82) is 0 Å². The van der Waals surface area contributed by atoms with Gasteiger partial charge < -0.3 is 14.2 Å². The number of hydrogen-bond donors (Lipinski definition) is 0. The minimum Gasteiger partial charge on any atom is -0.490 e. The average molecular weight is 603 g/mol. The Kier molecular flexibility index (Phi) is 8.94. The fourth-order valence-electron chi connectivity index (χ4n) is 4.88. The molecule has 0 aliphatic carbocycles. The maximum Gasteiger partial charge on any atom is 0.338 e. The van der Waals surface area contributed by atoms with Gasteiger partial charge in [-0.1, -0.05) is 90.0 Å². The van der Waals surface area contributed by atoms with Crippen LogP contribution in [0.2, 0.25) is 5.02 Å². The maximum absolute atomic E-state index is 13.9. The Labute approximate surface area is 253 Å². The number of fused-ring (bicyclic) bond motifs is 1. The molecule has 0 saturated carbocycles. The van der Waals surface area contributed by atoms with Gasteiger partial charge in [0, 0.05) is 0 Å². The first kappa shape index (κ1) is 29.4. The van der Waals surface area contributed by atoms with Crippen LogP contribution in [-0.4, -0.2) is 24.3 Å². The molecule has 1 aliphatic heterocycles. The summed E-state index contributed by atoms with van der Waals surface area (Å²) < 4.78 is 19.1. The standard InChI is InChI=1S/C33H31ClN2O5S/c1-5-25-28(32(38)39-4)29(23-10-8-7-9-11-23)36-31(37)27(42-33(36)35-25)18-22-16-24(34)30(26(17-22)40-6-2)41-19-21-14-12-20(3)13-15-21/h7-18,29H,5-6,19H2,1-4H3/b27-18-/t29-/m1/s1. The van der Waals surface area contributed by atoms with E-state index in [-0.39, 0.29) is 5.56 Å². The van der Waals surface area contributed by atoms with Gasteiger partial charge in [0.25, 0.3) is 5.56 Å². The predicted molar refractivity (Wildman–Crippen MR) is 165 cm³/mol. The maximum atomic E-state index is 13.9. The summed E-state index contributed by atoms with van der Waals surface area (Å²) in [4.78, 5) is 32.1. The SMILES string of the molecule is CCOc1cc(/C=c2\sc3n(c2=O)[C@H](c2ccccc2)C(C(=O)OC)=C(CC)N=3)cc(Cl)c1OCc1ccc(C)cc1. The third-order valence-electron chi connectivity index (χ3n) is 6.90. The normalized spacial score (nSPS) is 14.8. The monoisotopic (exact) mass is 602 g/mol. The minimum atomic E-state index is -0.660. The Morgan fingerprint density at radius 2 is 1.81 bits per heavy atom. The number of methoxy groups -OCH3 is 1. The summed E-state index contributed by atoms with van der Waals surface area (Å²) in [6.07, 6.45) is 2.27. The van der Waals surface area contributed by atoms with Crippen LogP contribution in [0.5, 0.6) is 11.5 Å². The molecule has 0 fully saturated rings. The Bertz CT molecular complexity index is 1830. The molecule has 216 valence electrons. The molecule has 5 rings (SSSR count). The lowest BCUT2D eigenvalue weighted by molar-refractivity contribution is -0.136. The van der Waals surface area contributed by atoms with Crippen molar-refractivity contribution in [1.82, 2.24) is 4.57 Å². The van der Waals surface area contributed by atoms with Crippen molar-refractivity contribution < 1.29 is 19.0 Å². The lowest BCUT2D eigenvalue weighted by Gasteiger charge is -2.25. The van der Waals surface area contributed by atoms with Gasteiger partial charge in [0.05, 0.1) is 40.6 Å². The molecule has 0 N–H and O–H groups in total. The van der Waals surface area contributed by atoms with Crippen molar-refractivity contribution in [2.75, 3.05) is 13.7 Å². The molecule has 0 bridgehead atoms. The van der Waals surface area contributed by atoms with E-state index >= 15 is 0 Å². The molecule has 0 unspecified atom stereocenters. The van der Waals surface area contributed by atoms with Gasteiger partial charge in [0.15, 0.2) is 16.3 Å². The van der Waals surface area contributed by atoms with Crippen LogP contribution in [-0.2, 0) is 16.1 Å². The molecule has 1 aromatic heterocycles. The van der Waals surface area contributed by atoms with Crippen LogP contribution in [0.4, 0.5) is 0 Å². The number of aryl methyl sites for hydroxylation is 1. The van der Waals surface area contributed by atoms with Crippen LogP contribution in [0.15, 0.2) is 87.8 Å². The number of esters is 1. The number of thiazole rings is 1. The highest BCUT2D eigenvalue weighted by Gasteiger charge is 2.33. The van der Waals surface area contributed by atoms with E-state index in [1.807, 2.05) is 81.4 Å². The van der Waals surface area contributed by atoms with Crippen molar-refractivity contribution in [3.63, 3.8) is 0 Å². The summed E-state index contributed by atoms with van der Waals surface area (Å²) in [5, 5.41) is 0.371. The van der Waals surface area contributed by atoms with Crippen LogP contribution in [0.25, 0.3) is 6.08 Å². The van der Waals surface area contributed by atoms with E-state index in [9.17, 15) is 9.59 Å². The minimum absolute atomic E-state index is 0.266. The zero-order valence-electron chi connectivity index (χ0n) is 23.8. The van der Waals surface area contributed by atoms with Crippen molar-refractivity contribution in [3.05, 3.63) is 125 Å². The van der Waals surface area contributed by atoms with Gasteiger partial charge in [-0.2, -0.15) is 0 Å². The molecule has 1 atom stereocenters. The number of aromatic nitrogens is 1. The number of rotatable bonds is 9. The smallest absolute Gasteiger partial charge is 0.338 e. The first-order valence-corrected chi connectivity index (χ1v) is 14.9. The third-order valence-corrected chi connectivity index (χ3v) is 8.16. The highest BCUT2D eigenvalue weighted by atomic mass is 35.5.